The first-order valence-corrected chi connectivity index (χ1v) is 7.39. The van der Waals surface area contributed by atoms with E-state index in [9.17, 15) is 8.42 Å². The average molecular weight is 313 g/mol. The lowest BCUT2D eigenvalue weighted by molar-refractivity contribution is 0.467. The van der Waals surface area contributed by atoms with E-state index >= 15 is 0 Å². The van der Waals surface area contributed by atoms with Crippen LogP contribution in [-0.2, 0) is 10.0 Å². The molecule has 86 valence electrons. The van der Waals surface area contributed by atoms with Gasteiger partial charge < -0.3 is 5.32 Å². The summed E-state index contributed by atoms with van der Waals surface area (Å²) in [5.41, 5.74) is 0. The molecule has 0 radical (unpaired) electrons. The maximum atomic E-state index is 11.9. The summed E-state index contributed by atoms with van der Waals surface area (Å²) in [6.45, 7) is 1.11. The first-order valence-electron chi connectivity index (χ1n) is 4.34. The number of nitrogens with zero attached hydrogens (tertiary/aromatic N) is 1. The molecule has 4 nitrogen and oxygen atoms in total. The van der Waals surface area contributed by atoms with E-state index in [0.717, 1.165) is 3.79 Å². The smallest absolute Gasteiger partial charge is 0.252 e. The van der Waals surface area contributed by atoms with Crippen LogP contribution in [0.3, 0.4) is 0 Å². The van der Waals surface area contributed by atoms with Crippen LogP contribution < -0.4 is 5.32 Å². The van der Waals surface area contributed by atoms with Crippen molar-refractivity contribution in [2.45, 2.75) is 4.21 Å². The highest BCUT2D eigenvalue weighted by atomic mass is 79.9. The van der Waals surface area contributed by atoms with Gasteiger partial charge in [0.05, 0.1) is 3.79 Å². The van der Waals surface area contributed by atoms with Crippen molar-refractivity contribution >= 4 is 37.3 Å². The third kappa shape index (κ3) is 3.25. The molecule has 1 aromatic rings. The zero-order valence-electron chi connectivity index (χ0n) is 8.53. The van der Waals surface area contributed by atoms with E-state index < -0.39 is 10.0 Å². The number of nitrogens with one attached hydrogen (secondary N) is 1. The minimum atomic E-state index is -3.31. The van der Waals surface area contributed by atoms with Gasteiger partial charge in [-0.25, -0.2) is 8.42 Å². The number of hydrogen-bond acceptors (Lipinski definition) is 4. The monoisotopic (exact) mass is 312 g/mol. The molecule has 15 heavy (non-hydrogen) atoms. The lowest BCUT2D eigenvalue weighted by atomic mass is 10.6. The van der Waals surface area contributed by atoms with Crippen LogP contribution in [0.15, 0.2) is 20.1 Å². The Balaban J connectivity index is 2.83. The Labute approximate surface area is 102 Å². The third-order valence-electron chi connectivity index (χ3n) is 1.89. The van der Waals surface area contributed by atoms with Crippen molar-refractivity contribution in [2.24, 2.45) is 0 Å². The fourth-order valence-corrected chi connectivity index (χ4v) is 4.37. The molecular weight excluding hydrogens is 300 g/mol. The van der Waals surface area contributed by atoms with Gasteiger partial charge in [0.15, 0.2) is 0 Å². The van der Waals surface area contributed by atoms with E-state index in [1.165, 1.54) is 15.6 Å². The van der Waals surface area contributed by atoms with Gasteiger partial charge in [0.1, 0.15) is 4.21 Å². The number of sulfonamides is 1. The van der Waals surface area contributed by atoms with Gasteiger partial charge in [-0.2, -0.15) is 4.31 Å². The summed E-state index contributed by atoms with van der Waals surface area (Å²) in [5, 5.41) is 2.92. The van der Waals surface area contributed by atoms with Gasteiger partial charge in [0.25, 0.3) is 10.0 Å². The van der Waals surface area contributed by atoms with E-state index in [1.807, 2.05) is 0 Å². The van der Waals surface area contributed by atoms with Crippen molar-refractivity contribution in [3.05, 3.63) is 15.9 Å². The molecule has 0 atom stereocenters. The van der Waals surface area contributed by atoms with Gasteiger partial charge >= 0.3 is 0 Å². The summed E-state index contributed by atoms with van der Waals surface area (Å²) in [4.78, 5) is 0. The molecule has 0 saturated heterocycles. The second kappa shape index (κ2) is 5.40. The van der Waals surface area contributed by atoms with E-state index in [2.05, 4.69) is 21.2 Å². The summed E-state index contributed by atoms with van der Waals surface area (Å²) in [7, 11) is 0.0689. The number of halogens is 1. The normalized spacial score (nSPS) is 12.3. The molecule has 0 fully saturated rings. The summed E-state index contributed by atoms with van der Waals surface area (Å²) in [5.74, 6) is 0. The van der Waals surface area contributed by atoms with Gasteiger partial charge in [-0.1, -0.05) is 0 Å². The molecule has 0 aromatic carbocycles. The second-order valence-electron chi connectivity index (χ2n) is 2.99. The van der Waals surface area contributed by atoms with Crippen LogP contribution in [0.2, 0.25) is 0 Å². The molecule has 0 aliphatic rings. The van der Waals surface area contributed by atoms with Crippen molar-refractivity contribution in [3.63, 3.8) is 0 Å². The molecule has 1 N–H and O–H groups in total. The minimum Gasteiger partial charge on any atom is -0.318 e. The fourth-order valence-electron chi connectivity index (χ4n) is 0.979. The number of likely N-dealkylation sites (N-methyl/N-ethyl adjacent to an activating group) is 2. The molecule has 0 unspecified atom stereocenters. The predicted octanol–water partition coefficient (Wildman–Crippen LogP) is 1.35. The number of hydrogen-bond donors (Lipinski definition) is 1. The van der Waals surface area contributed by atoms with Gasteiger partial charge in [0, 0.05) is 20.1 Å². The molecular formula is C8H13BrN2O2S2. The SMILES string of the molecule is CNCCN(C)S(=O)(=O)c1ccc(Br)s1. The summed E-state index contributed by atoms with van der Waals surface area (Å²) < 4.78 is 26.4. The topological polar surface area (TPSA) is 49.4 Å². The molecule has 0 aliphatic carbocycles. The highest BCUT2D eigenvalue weighted by Gasteiger charge is 2.21. The zero-order chi connectivity index (χ0) is 11.5. The Morgan fingerprint density at radius 3 is 2.67 bits per heavy atom. The largest absolute Gasteiger partial charge is 0.318 e. The van der Waals surface area contributed by atoms with E-state index in [1.54, 1.807) is 26.2 Å². The molecule has 1 aromatic heterocycles. The quantitative estimate of drug-likeness (QED) is 0.893. The molecule has 0 spiro atoms. The predicted molar refractivity (Wildman–Crippen MR) is 65.8 cm³/mol. The first-order chi connectivity index (χ1) is 6.98. The highest BCUT2D eigenvalue weighted by molar-refractivity contribution is 9.11. The summed E-state index contributed by atoms with van der Waals surface area (Å²) >= 11 is 4.47. The molecule has 0 bridgehead atoms. The molecule has 0 amide bonds. The van der Waals surface area contributed by atoms with Crippen LogP contribution in [0.25, 0.3) is 0 Å². The Kier molecular flexibility index (Phi) is 4.72. The van der Waals surface area contributed by atoms with Crippen LogP contribution in [0.1, 0.15) is 0 Å². The fraction of sp³-hybridized carbons (Fsp3) is 0.500. The van der Waals surface area contributed by atoms with E-state index in [-0.39, 0.29) is 0 Å². The lowest BCUT2D eigenvalue weighted by Gasteiger charge is -2.15. The average Bonchev–Trinajstić information content (AvgIpc) is 2.61. The van der Waals surface area contributed by atoms with Gasteiger partial charge in [-0.3, -0.25) is 0 Å². The van der Waals surface area contributed by atoms with Crippen molar-refractivity contribution in [1.82, 2.24) is 9.62 Å². The highest BCUT2D eigenvalue weighted by Crippen LogP contribution is 2.27. The Bertz CT molecular complexity index is 416. The van der Waals surface area contributed by atoms with Gasteiger partial charge in [-0.15, -0.1) is 11.3 Å². The zero-order valence-corrected chi connectivity index (χ0v) is 11.7. The lowest BCUT2D eigenvalue weighted by Crippen LogP contribution is -2.32. The first kappa shape index (κ1) is 13.1. The second-order valence-corrected chi connectivity index (χ2v) is 7.72. The minimum absolute atomic E-state index is 0.368. The molecule has 1 heterocycles. The maximum absolute atomic E-state index is 11.9. The van der Waals surface area contributed by atoms with Crippen LogP contribution in [0.4, 0.5) is 0 Å². The summed E-state index contributed by atoms with van der Waals surface area (Å²) in [6.07, 6.45) is 0. The third-order valence-corrected chi connectivity index (χ3v) is 5.84. The van der Waals surface area contributed by atoms with Gasteiger partial charge in [0.2, 0.25) is 0 Å². The van der Waals surface area contributed by atoms with Crippen LogP contribution in [0, 0.1) is 0 Å². The molecule has 0 aliphatic heterocycles. The van der Waals surface area contributed by atoms with Crippen LogP contribution in [-0.4, -0.2) is 39.9 Å². The summed E-state index contributed by atoms with van der Waals surface area (Å²) in [6, 6.07) is 3.35. The Hall–Kier alpha value is 0.0500. The van der Waals surface area contributed by atoms with Crippen LogP contribution in [0.5, 0.6) is 0 Å². The number of rotatable bonds is 5. The maximum Gasteiger partial charge on any atom is 0.252 e. The van der Waals surface area contributed by atoms with Crippen molar-refractivity contribution in [3.8, 4) is 0 Å². The van der Waals surface area contributed by atoms with Crippen molar-refractivity contribution in [2.75, 3.05) is 27.2 Å². The van der Waals surface area contributed by atoms with Crippen LogP contribution >= 0.6 is 27.3 Å². The molecule has 7 heteroatoms. The molecule has 1 rings (SSSR count). The Morgan fingerprint density at radius 1 is 1.53 bits per heavy atom. The van der Waals surface area contributed by atoms with Crippen molar-refractivity contribution in [1.29, 1.82) is 0 Å². The standard InChI is InChI=1S/C8H13BrN2O2S2/c1-10-5-6-11(2)15(12,13)8-4-3-7(9)14-8/h3-4,10H,5-6H2,1-2H3. The van der Waals surface area contributed by atoms with Crippen molar-refractivity contribution < 1.29 is 8.42 Å². The Morgan fingerprint density at radius 2 is 2.20 bits per heavy atom. The number of thiophene rings is 1. The van der Waals surface area contributed by atoms with E-state index in [0.29, 0.717) is 17.3 Å². The molecule has 0 saturated carbocycles. The van der Waals surface area contributed by atoms with E-state index in [4.69, 9.17) is 0 Å². The van der Waals surface area contributed by atoms with Gasteiger partial charge in [-0.05, 0) is 35.1 Å².